The van der Waals surface area contributed by atoms with E-state index in [9.17, 15) is 0 Å². The van der Waals surface area contributed by atoms with Gasteiger partial charge in [0.15, 0.2) is 0 Å². The number of hydrogen-bond acceptors (Lipinski definition) is 3. The fourth-order valence-corrected chi connectivity index (χ4v) is 2.59. The Kier molecular flexibility index (Phi) is 3.24. The predicted molar refractivity (Wildman–Crippen MR) is 73.9 cm³/mol. The van der Waals surface area contributed by atoms with Crippen LogP contribution in [0.5, 0.6) is 0 Å². The Morgan fingerprint density at radius 1 is 1.33 bits per heavy atom. The predicted octanol–water partition coefficient (Wildman–Crippen LogP) is 1.63. The molecule has 2 heterocycles. The van der Waals surface area contributed by atoms with Crippen molar-refractivity contribution in [3.8, 4) is 0 Å². The second-order valence-electron chi connectivity index (χ2n) is 4.75. The van der Waals surface area contributed by atoms with Crippen molar-refractivity contribution >= 4 is 22.6 Å². The van der Waals surface area contributed by atoms with Crippen molar-refractivity contribution in [1.29, 1.82) is 0 Å². The normalized spacial score (nSPS) is 17.4. The molecule has 2 aromatic rings. The van der Waals surface area contributed by atoms with E-state index in [1.807, 2.05) is 18.2 Å². The van der Waals surface area contributed by atoms with Gasteiger partial charge < -0.3 is 9.88 Å². The Morgan fingerprint density at radius 2 is 2.11 bits per heavy atom. The van der Waals surface area contributed by atoms with Crippen LogP contribution in [0.1, 0.15) is 5.82 Å². The first-order valence-electron chi connectivity index (χ1n) is 6.28. The number of imidazole rings is 1. The molecule has 1 aromatic heterocycles. The van der Waals surface area contributed by atoms with Gasteiger partial charge in [-0.15, -0.1) is 0 Å². The maximum Gasteiger partial charge on any atom is 0.123 e. The van der Waals surface area contributed by atoms with Crippen LogP contribution in [-0.4, -0.2) is 40.6 Å². The quantitative estimate of drug-likeness (QED) is 0.895. The van der Waals surface area contributed by atoms with Gasteiger partial charge in [0.1, 0.15) is 5.82 Å². The molecule has 0 atom stereocenters. The van der Waals surface area contributed by atoms with Crippen molar-refractivity contribution in [3.05, 3.63) is 29.0 Å². The summed E-state index contributed by atoms with van der Waals surface area (Å²) in [5.41, 5.74) is 2.12. The van der Waals surface area contributed by atoms with E-state index in [0.717, 1.165) is 54.6 Å². The first kappa shape index (κ1) is 12.0. The topological polar surface area (TPSA) is 33.1 Å². The molecule has 1 aliphatic heterocycles. The summed E-state index contributed by atoms with van der Waals surface area (Å²) in [6, 6.07) is 5.86. The van der Waals surface area contributed by atoms with E-state index in [1.165, 1.54) is 0 Å². The maximum atomic E-state index is 6.03. The largest absolute Gasteiger partial charge is 0.330 e. The van der Waals surface area contributed by atoms with Gasteiger partial charge in [-0.1, -0.05) is 11.6 Å². The van der Waals surface area contributed by atoms with Crippen LogP contribution in [-0.2, 0) is 13.6 Å². The molecule has 0 amide bonds. The molecule has 1 aliphatic rings. The molecule has 0 spiro atoms. The standard InChI is InChI=1S/C13H17ClN4/c1-17-12-8-10(14)2-3-11(12)16-13(17)9-18-6-4-15-5-7-18/h2-3,8,15H,4-7,9H2,1H3. The second-order valence-corrected chi connectivity index (χ2v) is 5.18. The zero-order valence-corrected chi connectivity index (χ0v) is 11.2. The van der Waals surface area contributed by atoms with E-state index in [1.54, 1.807) is 0 Å². The molecule has 1 aromatic carbocycles. The van der Waals surface area contributed by atoms with Crippen LogP contribution in [0, 0.1) is 0 Å². The molecule has 3 rings (SSSR count). The fraction of sp³-hybridized carbons (Fsp3) is 0.462. The van der Waals surface area contributed by atoms with Crippen LogP contribution >= 0.6 is 11.6 Å². The number of aryl methyl sites for hydroxylation is 1. The summed E-state index contributed by atoms with van der Waals surface area (Å²) in [4.78, 5) is 7.12. The summed E-state index contributed by atoms with van der Waals surface area (Å²) in [5.74, 6) is 1.11. The number of nitrogens with one attached hydrogen (secondary N) is 1. The van der Waals surface area contributed by atoms with Crippen molar-refractivity contribution in [2.24, 2.45) is 7.05 Å². The third kappa shape index (κ3) is 2.23. The minimum atomic E-state index is 0.763. The maximum absolute atomic E-state index is 6.03. The Labute approximate surface area is 112 Å². The molecule has 0 aliphatic carbocycles. The Balaban J connectivity index is 1.89. The number of benzene rings is 1. The number of piperazine rings is 1. The number of aromatic nitrogens is 2. The minimum absolute atomic E-state index is 0.763. The first-order valence-corrected chi connectivity index (χ1v) is 6.66. The molecule has 18 heavy (non-hydrogen) atoms. The summed E-state index contributed by atoms with van der Waals surface area (Å²) in [6.07, 6.45) is 0. The number of nitrogens with zero attached hydrogens (tertiary/aromatic N) is 3. The molecule has 1 N–H and O–H groups in total. The molecule has 0 bridgehead atoms. The van der Waals surface area contributed by atoms with Gasteiger partial charge in [0, 0.05) is 38.2 Å². The lowest BCUT2D eigenvalue weighted by molar-refractivity contribution is 0.226. The summed E-state index contributed by atoms with van der Waals surface area (Å²) in [6.45, 7) is 5.21. The average Bonchev–Trinajstić information content (AvgIpc) is 2.68. The number of hydrogen-bond donors (Lipinski definition) is 1. The molecule has 1 saturated heterocycles. The van der Waals surface area contributed by atoms with Gasteiger partial charge in [-0.3, -0.25) is 4.90 Å². The van der Waals surface area contributed by atoms with Crippen molar-refractivity contribution in [1.82, 2.24) is 19.8 Å². The van der Waals surface area contributed by atoms with Crippen LogP contribution < -0.4 is 5.32 Å². The SMILES string of the molecule is Cn1c(CN2CCNCC2)nc2ccc(Cl)cc21. The van der Waals surface area contributed by atoms with E-state index < -0.39 is 0 Å². The van der Waals surface area contributed by atoms with Gasteiger partial charge in [-0.05, 0) is 18.2 Å². The highest BCUT2D eigenvalue weighted by Crippen LogP contribution is 2.20. The Hall–Kier alpha value is -1.10. The second kappa shape index (κ2) is 4.88. The van der Waals surface area contributed by atoms with E-state index in [4.69, 9.17) is 11.6 Å². The molecule has 5 heteroatoms. The lowest BCUT2D eigenvalue weighted by Gasteiger charge is -2.26. The molecule has 0 radical (unpaired) electrons. The summed E-state index contributed by atoms with van der Waals surface area (Å²) in [5, 5.41) is 4.13. The summed E-state index contributed by atoms with van der Waals surface area (Å²) >= 11 is 6.03. The van der Waals surface area contributed by atoms with Crippen molar-refractivity contribution in [2.45, 2.75) is 6.54 Å². The van der Waals surface area contributed by atoms with E-state index >= 15 is 0 Å². The van der Waals surface area contributed by atoms with Crippen molar-refractivity contribution in [3.63, 3.8) is 0 Å². The van der Waals surface area contributed by atoms with Crippen molar-refractivity contribution < 1.29 is 0 Å². The highest BCUT2D eigenvalue weighted by Gasteiger charge is 2.14. The molecular weight excluding hydrogens is 248 g/mol. The van der Waals surface area contributed by atoms with E-state index in [-0.39, 0.29) is 0 Å². The zero-order chi connectivity index (χ0) is 12.5. The minimum Gasteiger partial charge on any atom is -0.330 e. The number of rotatable bonds is 2. The zero-order valence-electron chi connectivity index (χ0n) is 10.5. The molecular formula is C13H17ClN4. The molecule has 0 unspecified atom stereocenters. The van der Waals surface area contributed by atoms with E-state index in [0.29, 0.717) is 0 Å². The van der Waals surface area contributed by atoms with Gasteiger partial charge in [0.25, 0.3) is 0 Å². The number of halogens is 1. The van der Waals surface area contributed by atoms with Crippen LogP contribution in [0.2, 0.25) is 5.02 Å². The monoisotopic (exact) mass is 264 g/mol. The molecule has 0 saturated carbocycles. The van der Waals surface area contributed by atoms with Crippen LogP contribution in [0.25, 0.3) is 11.0 Å². The van der Waals surface area contributed by atoms with Crippen LogP contribution in [0.15, 0.2) is 18.2 Å². The van der Waals surface area contributed by atoms with Gasteiger partial charge in [0.05, 0.1) is 17.6 Å². The fourth-order valence-electron chi connectivity index (χ4n) is 2.42. The molecule has 96 valence electrons. The van der Waals surface area contributed by atoms with Gasteiger partial charge in [0.2, 0.25) is 0 Å². The van der Waals surface area contributed by atoms with Crippen LogP contribution in [0.4, 0.5) is 0 Å². The first-order chi connectivity index (χ1) is 8.74. The summed E-state index contributed by atoms with van der Waals surface area (Å²) < 4.78 is 2.14. The highest BCUT2D eigenvalue weighted by atomic mass is 35.5. The molecule has 4 nitrogen and oxygen atoms in total. The lowest BCUT2D eigenvalue weighted by Crippen LogP contribution is -2.43. The van der Waals surface area contributed by atoms with Gasteiger partial charge in [-0.2, -0.15) is 0 Å². The number of fused-ring (bicyclic) bond motifs is 1. The average molecular weight is 265 g/mol. The Bertz CT molecular complexity index is 557. The van der Waals surface area contributed by atoms with Crippen molar-refractivity contribution in [2.75, 3.05) is 26.2 Å². The van der Waals surface area contributed by atoms with Crippen LogP contribution in [0.3, 0.4) is 0 Å². The van der Waals surface area contributed by atoms with Gasteiger partial charge in [-0.25, -0.2) is 4.98 Å². The lowest BCUT2D eigenvalue weighted by atomic mass is 10.3. The smallest absolute Gasteiger partial charge is 0.123 e. The third-order valence-electron chi connectivity index (χ3n) is 3.51. The molecule has 1 fully saturated rings. The van der Waals surface area contributed by atoms with E-state index in [2.05, 4.69) is 26.8 Å². The summed E-state index contributed by atoms with van der Waals surface area (Å²) in [7, 11) is 2.06. The van der Waals surface area contributed by atoms with Gasteiger partial charge >= 0.3 is 0 Å². The third-order valence-corrected chi connectivity index (χ3v) is 3.75. The highest BCUT2D eigenvalue weighted by molar-refractivity contribution is 6.31. The Morgan fingerprint density at radius 3 is 2.89 bits per heavy atom.